The van der Waals surface area contributed by atoms with E-state index in [9.17, 15) is 4.79 Å². The molecule has 0 radical (unpaired) electrons. The lowest BCUT2D eigenvalue weighted by Crippen LogP contribution is -2.10. The highest BCUT2D eigenvalue weighted by Crippen LogP contribution is 2.28. The second-order valence-corrected chi connectivity index (χ2v) is 2.98. The minimum absolute atomic E-state index is 0.357. The zero-order valence-electron chi connectivity index (χ0n) is 9.43. The van der Waals surface area contributed by atoms with Crippen LogP contribution >= 0.6 is 0 Å². The molecule has 0 aromatic heterocycles. The Morgan fingerprint density at radius 3 is 2.06 bits per heavy atom. The third kappa shape index (κ3) is 2.64. The summed E-state index contributed by atoms with van der Waals surface area (Å²) in [4.78, 5) is 19.9. The fourth-order valence-electron chi connectivity index (χ4n) is 1.35. The van der Waals surface area contributed by atoms with E-state index < -0.39 is 0 Å². The van der Waals surface area contributed by atoms with Gasteiger partial charge in [-0.05, 0) is 12.2 Å². The van der Waals surface area contributed by atoms with Gasteiger partial charge in [0.15, 0.2) is 0 Å². The molecule has 0 spiro atoms. The molecule has 0 saturated carbocycles. The maximum Gasteiger partial charge on any atom is 0.144 e. The van der Waals surface area contributed by atoms with Crippen molar-refractivity contribution in [2.24, 2.45) is 5.92 Å². The Labute approximate surface area is 93.9 Å². The van der Waals surface area contributed by atoms with Gasteiger partial charge in [0.25, 0.3) is 0 Å². The summed E-state index contributed by atoms with van der Waals surface area (Å²) in [7, 11) is 4.40. The smallest absolute Gasteiger partial charge is 0.144 e. The monoisotopic (exact) mass is 226 g/mol. The number of allylic oxidation sites excluding steroid dienone is 2. The fraction of sp³-hybridized carbons (Fsp3) is 0.364. The quantitative estimate of drug-likeness (QED) is 0.306. The van der Waals surface area contributed by atoms with E-state index in [0.29, 0.717) is 17.1 Å². The van der Waals surface area contributed by atoms with Gasteiger partial charge in [-0.1, -0.05) is 0 Å². The Morgan fingerprint density at radius 2 is 1.69 bits per heavy atom. The number of hydrogen-bond acceptors (Lipinski definition) is 5. The van der Waals surface area contributed by atoms with E-state index >= 15 is 0 Å². The predicted molar refractivity (Wildman–Crippen MR) is 55.9 cm³/mol. The van der Waals surface area contributed by atoms with Gasteiger partial charge >= 0.3 is 0 Å². The third-order valence-corrected chi connectivity index (χ3v) is 2.08. The van der Waals surface area contributed by atoms with Crippen molar-refractivity contribution < 1.29 is 24.0 Å². The van der Waals surface area contributed by atoms with E-state index in [1.165, 1.54) is 27.6 Å². The molecule has 0 unspecified atom stereocenters. The summed E-state index contributed by atoms with van der Waals surface area (Å²) in [5.41, 5.74) is 0.588. The van der Waals surface area contributed by atoms with E-state index in [4.69, 9.17) is 14.4 Å². The number of aldehydes is 1. The van der Waals surface area contributed by atoms with E-state index in [2.05, 4.69) is 4.89 Å². The van der Waals surface area contributed by atoms with Crippen molar-refractivity contribution in [3.8, 4) is 0 Å². The summed E-state index contributed by atoms with van der Waals surface area (Å²) >= 11 is 0. The largest absolute Gasteiger partial charge is 0.496 e. The van der Waals surface area contributed by atoms with Gasteiger partial charge < -0.3 is 19.2 Å². The molecule has 0 bridgehead atoms. The number of ether oxygens (including phenoxy) is 2. The van der Waals surface area contributed by atoms with Crippen LogP contribution in [0.3, 0.4) is 0 Å². The molecule has 0 atom stereocenters. The summed E-state index contributed by atoms with van der Waals surface area (Å²) in [5, 5.41) is 0. The number of methoxy groups -OCH3 is 2. The van der Waals surface area contributed by atoms with E-state index in [1.807, 2.05) is 0 Å². The Morgan fingerprint density at radius 1 is 1.12 bits per heavy atom. The van der Waals surface area contributed by atoms with Crippen LogP contribution in [0.15, 0.2) is 35.5 Å². The van der Waals surface area contributed by atoms with Crippen molar-refractivity contribution in [2.45, 2.75) is 0 Å². The summed E-state index contributed by atoms with van der Waals surface area (Å²) in [6.07, 6.45) is 5.48. The third-order valence-electron chi connectivity index (χ3n) is 2.08. The zero-order valence-corrected chi connectivity index (χ0v) is 9.43. The molecule has 0 N–H and O–H groups in total. The van der Waals surface area contributed by atoms with Gasteiger partial charge in [0.2, 0.25) is 0 Å². The van der Waals surface area contributed by atoms with E-state index in [-0.39, 0.29) is 5.92 Å². The van der Waals surface area contributed by atoms with Crippen LogP contribution in [0.5, 0.6) is 0 Å². The molecule has 88 valence electrons. The molecule has 0 aromatic rings. The van der Waals surface area contributed by atoms with Crippen molar-refractivity contribution in [2.75, 3.05) is 21.3 Å². The molecule has 5 nitrogen and oxygen atoms in total. The van der Waals surface area contributed by atoms with Crippen molar-refractivity contribution in [3.05, 3.63) is 35.5 Å². The van der Waals surface area contributed by atoms with Crippen molar-refractivity contribution in [3.63, 3.8) is 0 Å². The molecule has 1 rings (SSSR count). The summed E-state index contributed by atoms with van der Waals surface area (Å²) in [6, 6.07) is 0. The van der Waals surface area contributed by atoms with Crippen molar-refractivity contribution >= 4 is 6.29 Å². The highest BCUT2D eigenvalue weighted by atomic mass is 17.2. The van der Waals surface area contributed by atoms with Crippen LogP contribution < -0.4 is 0 Å². The number of carbonyl (C=O) groups is 1. The Balaban J connectivity index is 3.03. The van der Waals surface area contributed by atoms with Gasteiger partial charge in [0.1, 0.15) is 24.1 Å². The van der Waals surface area contributed by atoms with E-state index in [1.54, 1.807) is 12.2 Å². The second-order valence-electron chi connectivity index (χ2n) is 2.98. The van der Waals surface area contributed by atoms with Gasteiger partial charge in [-0.15, -0.1) is 0 Å². The predicted octanol–water partition coefficient (Wildman–Crippen LogP) is 1.34. The van der Waals surface area contributed by atoms with Crippen LogP contribution in [-0.4, -0.2) is 27.6 Å². The molecule has 0 aromatic carbocycles. The fourth-order valence-corrected chi connectivity index (χ4v) is 1.35. The minimum Gasteiger partial charge on any atom is -0.496 e. The Kier molecular flexibility index (Phi) is 4.60. The Bertz CT molecular complexity index is 316. The lowest BCUT2D eigenvalue weighted by atomic mass is 9.98. The summed E-state index contributed by atoms with van der Waals surface area (Å²) < 4.78 is 10.3. The second kappa shape index (κ2) is 5.97. The minimum atomic E-state index is -0.357. The number of hydrogen-bond donors (Lipinski definition) is 0. The molecule has 0 heterocycles. The van der Waals surface area contributed by atoms with Gasteiger partial charge in [0.05, 0.1) is 32.8 Å². The first kappa shape index (κ1) is 12.3. The molecular formula is C11H14O5. The van der Waals surface area contributed by atoms with Crippen LogP contribution in [0.1, 0.15) is 0 Å². The van der Waals surface area contributed by atoms with Crippen molar-refractivity contribution in [1.82, 2.24) is 0 Å². The average Bonchev–Trinajstić information content (AvgIpc) is 2.35. The average molecular weight is 226 g/mol. The SMILES string of the molecule is COOC=C1C(OC)=CC(C=O)C=C1OC. The number of carbonyl (C=O) groups excluding carboxylic acids is 1. The molecule has 0 saturated heterocycles. The molecular weight excluding hydrogens is 212 g/mol. The van der Waals surface area contributed by atoms with Gasteiger partial charge in [-0.3, -0.25) is 0 Å². The topological polar surface area (TPSA) is 54.0 Å². The molecule has 0 amide bonds. The first-order valence-corrected chi connectivity index (χ1v) is 4.64. The van der Waals surface area contributed by atoms with Gasteiger partial charge in [-0.25, -0.2) is 0 Å². The highest BCUT2D eigenvalue weighted by Gasteiger charge is 2.21. The summed E-state index contributed by atoms with van der Waals surface area (Å²) in [6.45, 7) is 0. The molecule has 1 aliphatic carbocycles. The maximum absolute atomic E-state index is 10.7. The Hall–Kier alpha value is -1.75. The first-order valence-electron chi connectivity index (χ1n) is 4.64. The molecule has 0 fully saturated rings. The van der Waals surface area contributed by atoms with Crippen molar-refractivity contribution in [1.29, 1.82) is 0 Å². The first-order chi connectivity index (χ1) is 7.76. The number of rotatable bonds is 5. The van der Waals surface area contributed by atoms with Gasteiger partial charge in [0, 0.05) is 0 Å². The van der Waals surface area contributed by atoms with Crippen LogP contribution in [0.4, 0.5) is 0 Å². The molecule has 0 aliphatic heterocycles. The lowest BCUT2D eigenvalue weighted by molar-refractivity contribution is -0.223. The zero-order chi connectivity index (χ0) is 12.0. The van der Waals surface area contributed by atoms with Crippen LogP contribution in [0.2, 0.25) is 0 Å². The standard InChI is InChI=1S/C11H14O5/c1-13-10-4-8(6-12)5-11(14-2)9(10)7-16-15-3/h4-8H,1-3H3. The van der Waals surface area contributed by atoms with Crippen LogP contribution in [0, 0.1) is 5.92 Å². The molecule has 5 heteroatoms. The van der Waals surface area contributed by atoms with Gasteiger partial charge in [-0.2, -0.15) is 4.89 Å². The normalized spacial score (nSPS) is 19.4. The highest BCUT2D eigenvalue weighted by molar-refractivity contribution is 5.64. The maximum atomic E-state index is 10.7. The summed E-state index contributed by atoms with van der Waals surface area (Å²) in [5.74, 6) is 0.659. The van der Waals surface area contributed by atoms with E-state index in [0.717, 1.165) is 6.29 Å². The lowest BCUT2D eigenvalue weighted by Gasteiger charge is -2.19. The van der Waals surface area contributed by atoms with Crippen LogP contribution in [0.25, 0.3) is 0 Å². The molecule has 1 aliphatic rings. The molecule has 16 heavy (non-hydrogen) atoms. The van der Waals surface area contributed by atoms with Crippen LogP contribution in [-0.2, 0) is 24.0 Å².